The highest BCUT2D eigenvalue weighted by Gasteiger charge is 2.50. The highest BCUT2D eigenvalue weighted by Crippen LogP contribution is 2.39. The quantitative estimate of drug-likeness (QED) is 0.496. The van der Waals surface area contributed by atoms with Gasteiger partial charge in [0.1, 0.15) is 6.10 Å². The summed E-state index contributed by atoms with van der Waals surface area (Å²) in [5.41, 5.74) is 1.23. The molecule has 2 nitrogen and oxygen atoms in total. The smallest absolute Gasteiger partial charge is 0.110 e. The van der Waals surface area contributed by atoms with Crippen LogP contribution in [0.25, 0.3) is 0 Å². The van der Waals surface area contributed by atoms with Gasteiger partial charge in [0.25, 0.3) is 0 Å². The molecule has 0 aliphatic carbocycles. The van der Waals surface area contributed by atoms with Crippen molar-refractivity contribution in [2.75, 3.05) is 6.61 Å². The average molecular weight is 156 g/mol. The number of aliphatic hydroxyl groups excluding tert-OH is 1. The highest BCUT2D eigenvalue weighted by molar-refractivity contribution is 5.06. The molecule has 11 heavy (non-hydrogen) atoms. The fourth-order valence-corrected chi connectivity index (χ4v) is 1.11. The Morgan fingerprint density at radius 1 is 1.64 bits per heavy atom. The maximum absolute atomic E-state index is 8.76. The van der Waals surface area contributed by atoms with Gasteiger partial charge in [0, 0.05) is 0 Å². The van der Waals surface area contributed by atoms with Gasteiger partial charge in [0.05, 0.1) is 12.2 Å². The van der Waals surface area contributed by atoms with Crippen molar-refractivity contribution in [3.8, 4) is 0 Å². The molecule has 1 saturated heterocycles. The van der Waals surface area contributed by atoms with Gasteiger partial charge in [0.15, 0.2) is 0 Å². The standard InChI is InChI=1S/C9H16O2/c1-7(2)4-5-9(3)8(6-10)11-9/h4,8,10H,5-6H2,1-3H3. The molecule has 2 atom stereocenters. The van der Waals surface area contributed by atoms with E-state index in [1.54, 1.807) is 0 Å². The molecule has 2 heteroatoms. The zero-order valence-corrected chi connectivity index (χ0v) is 7.42. The van der Waals surface area contributed by atoms with Crippen molar-refractivity contribution < 1.29 is 9.84 Å². The van der Waals surface area contributed by atoms with E-state index in [0.29, 0.717) is 0 Å². The van der Waals surface area contributed by atoms with Gasteiger partial charge in [-0.15, -0.1) is 0 Å². The van der Waals surface area contributed by atoms with Gasteiger partial charge >= 0.3 is 0 Å². The van der Waals surface area contributed by atoms with Crippen LogP contribution in [0.5, 0.6) is 0 Å². The van der Waals surface area contributed by atoms with Crippen LogP contribution in [0.15, 0.2) is 11.6 Å². The molecule has 2 unspecified atom stereocenters. The topological polar surface area (TPSA) is 32.8 Å². The largest absolute Gasteiger partial charge is 0.394 e. The Bertz CT molecular complexity index is 170. The molecule has 1 N–H and O–H groups in total. The van der Waals surface area contributed by atoms with E-state index < -0.39 is 0 Å². The normalized spacial score (nSPS) is 35.1. The lowest BCUT2D eigenvalue weighted by atomic mass is 10.0. The Kier molecular flexibility index (Phi) is 2.35. The molecule has 0 spiro atoms. The third-order valence-corrected chi connectivity index (χ3v) is 2.12. The molecule has 0 aromatic carbocycles. The van der Waals surface area contributed by atoms with Gasteiger partial charge in [-0.1, -0.05) is 11.6 Å². The Hall–Kier alpha value is -0.340. The lowest BCUT2D eigenvalue weighted by molar-refractivity contribution is 0.237. The Morgan fingerprint density at radius 3 is 2.64 bits per heavy atom. The van der Waals surface area contributed by atoms with Crippen LogP contribution >= 0.6 is 0 Å². The van der Waals surface area contributed by atoms with Crippen molar-refractivity contribution in [2.24, 2.45) is 0 Å². The predicted molar refractivity (Wildman–Crippen MR) is 44.4 cm³/mol. The van der Waals surface area contributed by atoms with Crippen LogP contribution in [0.2, 0.25) is 0 Å². The van der Waals surface area contributed by atoms with E-state index in [2.05, 4.69) is 19.9 Å². The Balaban J connectivity index is 2.34. The number of hydrogen-bond donors (Lipinski definition) is 1. The van der Waals surface area contributed by atoms with Crippen LogP contribution in [0, 0.1) is 0 Å². The predicted octanol–water partition coefficient (Wildman–Crippen LogP) is 1.49. The molecule has 0 amide bonds. The molecule has 1 aliphatic rings. The van der Waals surface area contributed by atoms with Crippen LogP contribution in [-0.4, -0.2) is 23.4 Å². The summed E-state index contributed by atoms with van der Waals surface area (Å²) in [5.74, 6) is 0. The van der Waals surface area contributed by atoms with Crippen LogP contribution in [0.4, 0.5) is 0 Å². The molecular weight excluding hydrogens is 140 g/mol. The first-order valence-corrected chi connectivity index (χ1v) is 4.00. The number of allylic oxidation sites excluding steroid dienone is 1. The molecule has 0 aromatic heterocycles. The minimum Gasteiger partial charge on any atom is -0.394 e. The lowest BCUT2D eigenvalue weighted by Gasteiger charge is -2.00. The van der Waals surface area contributed by atoms with Crippen LogP contribution in [0.3, 0.4) is 0 Å². The van der Waals surface area contributed by atoms with Crippen LogP contribution in [0.1, 0.15) is 27.2 Å². The molecule has 1 fully saturated rings. The Morgan fingerprint density at radius 2 is 2.27 bits per heavy atom. The van der Waals surface area contributed by atoms with Crippen molar-refractivity contribution in [2.45, 2.75) is 38.9 Å². The fraction of sp³-hybridized carbons (Fsp3) is 0.778. The molecule has 0 radical (unpaired) electrons. The molecule has 1 rings (SSSR count). The summed E-state index contributed by atoms with van der Waals surface area (Å²) in [7, 11) is 0. The first kappa shape index (κ1) is 8.75. The molecule has 64 valence electrons. The summed E-state index contributed by atoms with van der Waals surface area (Å²) in [4.78, 5) is 0. The first-order chi connectivity index (χ1) is 5.08. The zero-order chi connectivity index (χ0) is 8.48. The zero-order valence-electron chi connectivity index (χ0n) is 7.42. The highest BCUT2D eigenvalue weighted by atomic mass is 16.6. The number of aliphatic hydroxyl groups is 1. The van der Waals surface area contributed by atoms with E-state index in [1.165, 1.54) is 5.57 Å². The SMILES string of the molecule is CC(C)=CCC1(C)OC1CO. The summed E-state index contributed by atoms with van der Waals surface area (Å²) in [5, 5.41) is 8.76. The van der Waals surface area contributed by atoms with E-state index >= 15 is 0 Å². The van der Waals surface area contributed by atoms with Gasteiger partial charge < -0.3 is 9.84 Å². The monoisotopic (exact) mass is 156 g/mol. The number of hydrogen-bond acceptors (Lipinski definition) is 2. The molecule has 0 bridgehead atoms. The minimum absolute atomic E-state index is 0.0677. The molecule has 1 aliphatic heterocycles. The second-order valence-corrected chi connectivity index (χ2v) is 3.59. The second-order valence-electron chi connectivity index (χ2n) is 3.59. The maximum atomic E-state index is 8.76. The summed E-state index contributed by atoms with van der Waals surface area (Å²) in [6.07, 6.45) is 3.13. The van der Waals surface area contributed by atoms with Gasteiger partial charge in [-0.3, -0.25) is 0 Å². The molecule has 0 aromatic rings. The number of epoxide rings is 1. The summed E-state index contributed by atoms with van der Waals surface area (Å²) >= 11 is 0. The Labute approximate surface area is 67.9 Å². The summed E-state index contributed by atoms with van der Waals surface area (Å²) < 4.78 is 5.31. The average Bonchev–Trinajstić information content (AvgIpc) is 2.59. The first-order valence-electron chi connectivity index (χ1n) is 4.00. The third kappa shape index (κ3) is 2.04. The fourth-order valence-electron chi connectivity index (χ4n) is 1.11. The summed E-state index contributed by atoms with van der Waals surface area (Å²) in [6, 6.07) is 0. The maximum Gasteiger partial charge on any atom is 0.110 e. The van der Waals surface area contributed by atoms with E-state index in [9.17, 15) is 0 Å². The van der Waals surface area contributed by atoms with E-state index in [0.717, 1.165) is 6.42 Å². The van der Waals surface area contributed by atoms with Gasteiger partial charge in [-0.25, -0.2) is 0 Å². The van der Waals surface area contributed by atoms with Crippen molar-refractivity contribution >= 4 is 0 Å². The van der Waals surface area contributed by atoms with Crippen molar-refractivity contribution in [1.29, 1.82) is 0 Å². The second kappa shape index (κ2) is 2.95. The van der Waals surface area contributed by atoms with Gasteiger partial charge in [0.2, 0.25) is 0 Å². The van der Waals surface area contributed by atoms with Gasteiger partial charge in [-0.05, 0) is 27.2 Å². The summed E-state index contributed by atoms with van der Waals surface area (Å²) in [6.45, 7) is 6.32. The molecule has 0 saturated carbocycles. The van der Waals surface area contributed by atoms with Crippen molar-refractivity contribution in [3.05, 3.63) is 11.6 Å². The number of ether oxygens (including phenoxy) is 1. The molecular formula is C9H16O2. The van der Waals surface area contributed by atoms with Crippen molar-refractivity contribution in [1.82, 2.24) is 0 Å². The molecule has 1 heterocycles. The van der Waals surface area contributed by atoms with Crippen molar-refractivity contribution in [3.63, 3.8) is 0 Å². The van der Waals surface area contributed by atoms with Gasteiger partial charge in [-0.2, -0.15) is 0 Å². The lowest BCUT2D eigenvalue weighted by Crippen LogP contribution is -2.11. The van der Waals surface area contributed by atoms with E-state index in [1.807, 2.05) is 6.92 Å². The van der Waals surface area contributed by atoms with Crippen LogP contribution < -0.4 is 0 Å². The number of rotatable bonds is 3. The van der Waals surface area contributed by atoms with Crippen LogP contribution in [-0.2, 0) is 4.74 Å². The minimum atomic E-state index is -0.0774. The third-order valence-electron chi connectivity index (χ3n) is 2.12. The van der Waals surface area contributed by atoms with E-state index in [4.69, 9.17) is 9.84 Å². The van der Waals surface area contributed by atoms with E-state index in [-0.39, 0.29) is 18.3 Å².